The van der Waals surface area contributed by atoms with Crippen molar-refractivity contribution < 1.29 is 4.79 Å². The number of amides is 1. The van der Waals surface area contributed by atoms with Gasteiger partial charge in [0.25, 0.3) is 5.91 Å². The zero-order chi connectivity index (χ0) is 15.2. The van der Waals surface area contributed by atoms with Gasteiger partial charge in [0, 0.05) is 18.3 Å². The smallest absolute Gasteiger partial charge is 0.275 e. The number of aromatic nitrogens is 2. The molecule has 0 aliphatic rings. The van der Waals surface area contributed by atoms with Crippen molar-refractivity contribution in [3.63, 3.8) is 0 Å². The van der Waals surface area contributed by atoms with Crippen molar-refractivity contribution in [1.29, 1.82) is 0 Å². The number of aryl methyl sites for hydroxylation is 1. The molecule has 0 unspecified atom stereocenters. The molecule has 1 amide bonds. The molecule has 0 aliphatic heterocycles. The predicted molar refractivity (Wildman–Crippen MR) is 81.8 cm³/mol. The standard InChI is InChI=1S/C16H19N3O2/c1-3-4-10-17-16(21)15-14(20)11-12(2)19(18-15)13-8-6-5-7-9-13/h5-9,11H,3-4,10H2,1-2H3,(H,17,21). The zero-order valence-electron chi connectivity index (χ0n) is 12.3. The number of carbonyl (C=O) groups is 1. The Kier molecular flexibility index (Phi) is 4.87. The van der Waals surface area contributed by atoms with Gasteiger partial charge < -0.3 is 5.32 Å². The first-order chi connectivity index (χ1) is 10.1. The molecule has 2 aromatic rings. The molecular formula is C16H19N3O2. The highest BCUT2D eigenvalue weighted by atomic mass is 16.2. The molecule has 0 saturated heterocycles. The van der Waals surface area contributed by atoms with E-state index in [1.165, 1.54) is 6.07 Å². The van der Waals surface area contributed by atoms with Crippen molar-refractivity contribution in [3.05, 3.63) is 58.0 Å². The topological polar surface area (TPSA) is 64.0 Å². The predicted octanol–water partition coefficient (Wildman–Crippen LogP) is 2.07. The van der Waals surface area contributed by atoms with Gasteiger partial charge in [0.1, 0.15) is 0 Å². The van der Waals surface area contributed by atoms with Crippen LogP contribution in [0.5, 0.6) is 0 Å². The maximum Gasteiger partial charge on any atom is 0.275 e. The quantitative estimate of drug-likeness (QED) is 0.855. The van der Waals surface area contributed by atoms with Crippen LogP contribution in [-0.2, 0) is 0 Å². The molecule has 0 spiro atoms. The second kappa shape index (κ2) is 6.83. The summed E-state index contributed by atoms with van der Waals surface area (Å²) in [6.07, 6.45) is 1.86. The fourth-order valence-corrected chi connectivity index (χ4v) is 2.00. The average molecular weight is 285 g/mol. The highest BCUT2D eigenvalue weighted by molar-refractivity contribution is 5.92. The molecule has 0 aliphatic carbocycles. The van der Waals surface area contributed by atoms with Crippen molar-refractivity contribution in [2.24, 2.45) is 0 Å². The van der Waals surface area contributed by atoms with E-state index >= 15 is 0 Å². The highest BCUT2D eigenvalue weighted by Gasteiger charge is 2.14. The van der Waals surface area contributed by atoms with Crippen LogP contribution in [0, 0.1) is 6.92 Å². The lowest BCUT2D eigenvalue weighted by atomic mass is 10.2. The van der Waals surface area contributed by atoms with E-state index in [0.717, 1.165) is 18.5 Å². The number of nitrogens with one attached hydrogen (secondary N) is 1. The molecule has 110 valence electrons. The Hall–Kier alpha value is -2.43. The molecule has 5 nitrogen and oxygen atoms in total. The minimum absolute atomic E-state index is 0.0689. The molecule has 5 heteroatoms. The molecule has 2 rings (SSSR count). The van der Waals surface area contributed by atoms with Crippen molar-refractivity contribution in [2.75, 3.05) is 6.54 Å². The summed E-state index contributed by atoms with van der Waals surface area (Å²) in [6.45, 7) is 4.38. The Morgan fingerprint density at radius 1 is 1.29 bits per heavy atom. The number of hydrogen-bond donors (Lipinski definition) is 1. The Balaban J connectivity index is 2.35. The highest BCUT2D eigenvalue weighted by Crippen LogP contribution is 2.07. The van der Waals surface area contributed by atoms with Gasteiger partial charge in [-0.3, -0.25) is 9.59 Å². The summed E-state index contributed by atoms with van der Waals surface area (Å²) < 4.78 is 1.61. The van der Waals surface area contributed by atoms with Crippen molar-refractivity contribution in [1.82, 2.24) is 15.1 Å². The summed E-state index contributed by atoms with van der Waals surface area (Å²) in [5, 5.41) is 6.94. The summed E-state index contributed by atoms with van der Waals surface area (Å²) in [4.78, 5) is 24.0. The van der Waals surface area contributed by atoms with Gasteiger partial charge in [-0.1, -0.05) is 31.5 Å². The number of carbonyl (C=O) groups excluding carboxylic acids is 1. The summed E-state index contributed by atoms with van der Waals surface area (Å²) >= 11 is 0. The maximum atomic E-state index is 12.0. The Morgan fingerprint density at radius 2 is 2.00 bits per heavy atom. The van der Waals surface area contributed by atoms with E-state index in [9.17, 15) is 9.59 Å². The van der Waals surface area contributed by atoms with Crippen LogP contribution >= 0.6 is 0 Å². The van der Waals surface area contributed by atoms with Crippen LogP contribution in [0.25, 0.3) is 5.69 Å². The normalized spacial score (nSPS) is 10.4. The molecule has 0 atom stereocenters. The fourth-order valence-electron chi connectivity index (χ4n) is 2.00. The summed E-state index contributed by atoms with van der Waals surface area (Å²) in [7, 11) is 0. The number of rotatable bonds is 5. The van der Waals surface area contributed by atoms with Gasteiger partial charge in [0.05, 0.1) is 5.69 Å². The lowest BCUT2D eigenvalue weighted by molar-refractivity contribution is 0.0945. The van der Waals surface area contributed by atoms with Gasteiger partial charge >= 0.3 is 0 Å². The van der Waals surface area contributed by atoms with Crippen LogP contribution < -0.4 is 10.7 Å². The number of unbranched alkanes of at least 4 members (excludes halogenated alkanes) is 1. The Bertz CT molecular complexity index is 678. The molecule has 21 heavy (non-hydrogen) atoms. The van der Waals surface area contributed by atoms with Crippen molar-refractivity contribution in [2.45, 2.75) is 26.7 Å². The van der Waals surface area contributed by atoms with Gasteiger partial charge in [-0.05, 0) is 25.5 Å². The molecule has 1 aromatic heterocycles. The van der Waals surface area contributed by atoms with E-state index in [1.54, 1.807) is 11.6 Å². The summed E-state index contributed by atoms with van der Waals surface area (Å²) in [5.41, 5.74) is 1.09. The minimum Gasteiger partial charge on any atom is -0.351 e. The molecule has 0 bridgehead atoms. The number of hydrogen-bond acceptors (Lipinski definition) is 3. The molecule has 1 heterocycles. The van der Waals surface area contributed by atoms with Crippen LogP contribution in [0.2, 0.25) is 0 Å². The van der Waals surface area contributed by atoms with E-state index < -0.39 is 5.91 Å². The summed E-state index contributed by atoms with van der Waals surface area (Å²) in [5.74, 6) is -0.418. The van der Waals surface area contributed by atoms with E-state index in [1.807, 2.05) is 37.3 Å². The lowest BCUT2D eigenvalue weighted by Crippen LogP contribution is -2.32. The number of nitrogens with zero attached hydrogens (tertiary/aromatic N) is 2. The first-order valence-corrected chi connectivity index (χ1v) is 7.08. The van der Waals surface area contributed by atoms with E-state index in [-0.39, 0.29) is 11.1 Å². The van der Waals surface area contributed by atoms with Gasteiger partial charge in [0.15, 0.2) is 5.69 Å². The van der Waals surface area contributed by atoms with Crippen LogP contribution in [0.1, 0.15) is 35.9 Å². The Labute approximate surface area is 123 Å². The van der Waals surface area contributed by atoms with E-state index in [4.69, 9.17) is 0 Å². The van der Waals surface area contributed by atoms with Crippen LogP contribution in [0.3, 0.4) is 0 Å². The van der Waals surface area contributed by atoms with Crippen molar-refractivity contribution in [3.8, 4) is 5.69 Å². The third-order valence-corrected chi connectivity index (χ3v) is 3.14. The molecular weight excluding hydrogens is 266 g/mol. The maximum absolute atomic E-state index is 12.0. The molecule has 0 radical (unpaired) electrons. The van der Waals surface area contributed by atoms with E-state index in [2.05, 4.69) is 10.4 Å². The Morgan fingerprint density at radius 3 is 2.67 bits per heavy atom. The zero-order valence-corrected chi connectivity index (χ0v) is 12.3. The van der Waals surface area contributed by atoms with Gasteiger partial charge in [-0.15, -0.1) is 0 Å². The third-order valence-electron chi connectivity index (χ3n) is 3.14. The minimum atomic E-state index is -0.418. The molecule has 1 aromatic carbocycles. The largest absolute Gasteiger partial charge is 0.351 e. The lowest BCUT2D eigenvalue weighted by Gasteiger charge is -2.11. The SMILES string of the molecule is CCCCNC(=O)c1nn(-c2ccccc2)c(C)cc1=O. The third kappa shape index (κ3) is 3.56. The summed E-state index contributed by atoms with van der Waals surface area (Å²) in [6, 6.07) is 10.9. The monoisotopic (exact) mass is 285 g/mol. The first-order valence-electron chi connectivity index (χ1n) is 7.08. The van der Waals surface area contributed by atoms with Crippen LogP contribution in [-0.4, -0.2) is 22.2 Å². The van der Waals surface area contributed by atoms with E-state index in [0.29, 0.717) is 12.2 Å². The number of para-hydroxylation sites is 1. The second-order valence-corrected chi connectivity index (χ2v) is 4.86. The van der Waals surface area contributed by atoms with Gasteiger partial charge in [0.2, 0.25) is 5.43 Å². The van der Waals surface area contributed by atoms with Crippen molar-refractivity contribution >= 4 is 5.91 Å². The molecule has 1 N–H and O–H groups in total. The van der Waals surface area contributed by atoms with Gasteiger partial charge in [-0.2, -0.15) is 5.10 Å². The molecule has 0 fully saturated rings. The second-order valence-electron chi connectivity index (χ2n) is 4.86. The van der Waals surface area contributed by atoms with Crippen LogP contribution in [0.15, 0.2) is 41.2 Å². The fraction of sp³-hybridized carbons (Fsp3) is 0.312. The molecule has 0 saturated carbocycles. The number of benzene rings is 1. The van der Waals surface area contributed by atoms with Gasteiger partial charge in [-0.25, -0.2) is 4.68 Å². The first kappa shape index (κ1) is 15.0. The van der Waals surface area contributed by atoms with Crippen LogP contribution in [0.4, 0.5) is 0 Å². The average Bonchev–Trinajstić information content (AvgIpc) is 2.48.